The molecule has 0 aromatic rings. The van der Waals surface area contributed by atoms with E-state index in [-0.39, 0.29) is 18.7 Å². The molecular weight excluding hydrogens is 288 g/mol. The SMILES string of the molecule is CC(C)CN(C1CCCC1)S(=O)(=O)N1CCCCC1CO. The van der Waals surface area contributed by atoms with E-state index in [0.717, 1.165) is 44.9 Å². The van der Waals surface area contributed by atoms with Gasteiger partial charge in [0.15, 0.2) is 0 Å². The van der Waals surface area contributed by atoms with Gasteiger partial charge in [-0.05, 0) is 31.6 Å². The molecule has 0 amide bonds. The van der Waals surface area contributed by atoms with Gasteiger partial charge in [-0.25, -0.2) is 0 Å². The second-order valence-corrected chi connectivity index (χ2v) is 8.69. The molecule has 1 saturated heterocycles. The van der Waals surface area contributed by atoms with Gasteiger partial charge in [0.2, 0.25) is 0 Å². The maximum absolute atomic E-state index is 13.1. The molecule has 2 aliphatic rings. The zero-order valence-corrected chi connectivity index (χ0v) is 14.2. The Bertz CT molecular complexity index is 419. The van der Waals surface area contributed by atoms with Crippen molar-refractivity contribution in [2.24, 2.45) is 5.92 Å². The van der Waals surface area contributed by atoms with Crippen molar-refractivity contribution in [2.75, 3.05) is 19.7 Å². The van der Waals surface area contributed by atoms with Crippen LogP contribution in [0.3, 0.4) is 0 Å². The van der Waals surface area contributed by atoms with Crippen LogP contribution in [0.15, 0.2) is 0 Å². The van der Waals surface area contributed by atoms with Gasteiger partial charge in [0.05, 0.1) is 6.61 Å². The van der Waals surface area contributed by atoms with Crippen LogP contribution in [0.25, 0.3) is 0 Å². The largest absolute Gasteiger partial charge is 0.395 e. The van der Waals surface area contributed by atoms with Gasteiger partial charge in [0.1, 0.15) is 0 Å². The maximum Gasteiger partial charge on any atom is 0.282 e. The molecule has 0 radical (unpaired) electrons. The van der Waals surface area contributed by atoms with Crippen molar-refractivity contribution in [3.05, 3.63) is 0 Å². The first kappa shape index (κ1) is 17.2. The summed E-state index contributed by atoms with van der Waals surface area (Å²) in [5.41, 5.74) is 0. The monoisotopic (exact) mass is 318 g/mol. The van der Waals surface area contributed by atoms with E-state index in [9.17, 15) is 13.5 Å². The van der Waals surface area contributed by atoms with Crippen LogP contribution in [0, 0.1) is 5.92 Å². The van der Waals surface area contributed by atoms with Crippen LogP contribution in [0.5, 0.6) is 0 Å². The molecule has 1 N–H and O–H groups in total. The number of hydrogen-bond donors (Lipinski definition) is 1. The lowest BCUT2D eigenvalue weighted by Gasteiger charge is -2.39. The highest BCUT2D eigenvalue weighted by Gasteiger charge is 2.40. The highest BCUT2D eigenvalue weighted by atomic mass is 32.2. The predicted octanol–water partition coefficient (Wildman–Crippen LogP) is 1.98. The second kappa shape index (κ2) is 7.40. The minimum Gasteiger partial charge on any atom is -0.395 e. The molecule has 2 fully saturated rings. The molecule has 2 rings (SSSR count). The number of piperidine rings is 1. The summed E-state index contributed by atoms with van der Waals surface area (Å²) in [6.45, 7) is 5.20. The molecule has 1 aliphatic heterocycles. The van der Waals surface area contributed by atoms with E-state index in [4.69, 9.17) is 0 Å². The Morgan fingerprint density at radius 2 is 1.76 bits per heavy atom. The van der Waals surface area contributed by atoms with Gasteiger partial charge in [0, 0.05) is 25.2 Å². The van der Waals surface area contributed by atoms with Crippen molar-refractivity contribution in [2.45, 2.75) is 70.9 Å². The highest BCUT2D eigenvalue weighted by Crippen LogP contribution is 2.30. The molecule has 0 aromatic heterocycles. The van der Waals surface area contributed by atoms with E-state index in [0.29, 0.717) is 19.0 Å². The lowest BCUT2D eigenvalue weighted by molar-refractivity contribution is 0.142. The minimum atomic E-state index is -3.46. The fourth-order valence-corrected chi connectivity index (χ4v) is 5.83. The molecule has 0 aromatic carbocycles. The topological polar surface area (TPSA) is 60.9 Å². The molecular formula is C15H30N2O3S. The summed E-state index contributed by atoms with van der Waals surface area (Å²) < 4.78 is 29.5. The lowest BCUT2D eigenvalue weighted by atomic mass is 10.1. The molecule has 1 heterocycles. The molecule has 124 valence electrons. The van der Waals surface area contributed by atoms with Crippen LogP contribution in [0.1, 0.15) is 58.8 Å². The van der Waals surface area contributed by atoms with Gasteiger partial charge >= 0.3 is 0 Å². The van der Waals surface area contributed by atoms with E-state index in [1.54, 1.807) is 8.61 Å². The average molecular weight is 318 g/mol. The molecule has 1 saturated carbocycles. The van der Waals surface area contributed by atoms with Gasteiger partial charge in [0.25, 0.3) is 10.2 Å². The Kier molecular flexibility index (Phi) is 6.05. The first-order valence-corrected chi connectivity index (χ1v) is 9.76. The summed E-state index contributed by atoms with van der Waals surface area (Å²) in [5, 5.41) is 9.53. The third-order valence-corrected chi connectivity index (χ3v) is 6.77. The van der Waals surface area contributed by atoms with Crippen LogP contribution in [-0.2, 0) is 10.2 Å². The van der Waals surface area contributed by atoms with Gasteiger partial charge < -0.3 is 5.11 Å². The van der Waals surface area contributed by atoms with Crippen LogP contribution in [-0.4, -0.2) is 53.9 Å². The second-order valence-electron chi connectivity index (χ2n) is 6.85. The van der Waals surface area contributed by atoms with Crippen LogP contribution in [0.4, 0.5) is 0 Å². The molecule has 0 bridgehead atoms. The molecule has 1 unspecified atom stereocenters. The lowest BCUT2D eigenvalue weighted by Crippen LogP contribution is -2.54. The zero-order chi connectivity index (χ0) is 15.5. The van der Waals surface area contributed by atoms with Crippen LogP contribution in [0.2, 0.25) is 0 Å². The number of rotatable bonds is 6. The molecule has 0 spiro atoms. The fourth-order valence-electron chi connectivity index (χ4n) is 3.58. The standard InChI is InChI=1S/C15H30N2O3S/c1-13(2)11-17(14-7-3-4-8-14)21(19,20)16-10-6-5-9-15(16)12-18/h13-15,18H,3-12H2,1-2H3. The predicted molar refractivity (Wildman–Crippen MR) is 84.2 cm³/mol. The first-order valence-electron chi connectivity index (χ1n) is 8.36. The highest BCUT2D eigenvalue weighted by molar-refractivity contribution is 7.86. The van der Waals surface area contributed by atoms with Gasteiger partial charge in [-0.15, -0.1) is 0 Å². The van der Waals surface area contributed by atoms with Crippen molar-refractivity contribution in [1.82, 2.24) is 8.61 Å². The van der Waals surface area contributed by atoms with Crippen LogP contribution < -0.4 is 0 Å². The van der Waals surface area contributed by atoms with Crippen molar-refractivity contribution >= 4 is 10.2 Å². The van der Waals surface area contributed by atoms with Crippen LogP contribution >= 0.6 is 0 Å². The molecule has 1 atom stereocenters. The van der Waals surface area contributed by atoms with Crippen molar-refractivity contribution < 1.29 is 13.5 Å². The van der Waals surface area contributed by atoms with Gasteiger partial charge in [-0.3, -0.25) is 0 Å². The molecule has 5 nitrogen and oxygen atoms in total. The number of hydrogen-bond acceptors (Lipinski definition) is 3. The molecule has 1 aliphatic carbocycles. The van der Waals surface area contributed by atoms with Crippen molar-refractivity contribution in [3.63, 3.8) is 0 Å². The summed E-state index contributed by atoms with van der Waals surface area (Å²) in [6, 6.07) is -0.0847. The Morgan fingerprint density at radius 1 is 1.14 bits per heavy atom. The maximum atomic E-state index is 13.1. The number of aliphatic hydroxyl groups excluding tert-OH is 1. The fraction of sp³-hybridized carbons (Fsp3) is 1.00. The minimum absolute atomic E-state index is 0.0700. The van der Waals surface area contributed by atoms with E-state index in [1.165, 1.54) is 0 Å². The number of nitrogens with zero attached hydrogens (tertiary/aromatic N) is 2. The third-order valence-electron chi connectivity index (χ3n) is 4.65. The quantitative estimate of drug-likeness (QED) is 0.814. The summed E-state index contributed by atoms with van der Waals surface area (Å²) in [4.78, 5) is 0. The molecule has 6 heteroatoms. The Hall–Kier alpha value is -0.170. The van der Waals surface area contributed by atoms with E-state index < -0.39 is 10.2 Å². The van der Waals surface area contributed by atoms with Crippen molar-refractivity contribution in [1.29, 1.82) is 0 Å². The van der Waals surface area contributed by atoms with Crippen molar-refractivity contribution in [3.8, 4) is 0 Å². The summed E-state index contributed by atoms with van der Waals surface area (Å²) in [6.07, 6.45) is 6.88. The van der Waals surface area contributed by atoms with E-state index >= 15 is 0 Å². The third kappa shape index (κ3) is 3.97. The van der Waals surface area contributed by atoms with Gasteiger partial charge in [-0.2, -0.15) is 17.0 Å². The summed E-state index contributed by atoms with van der Waals surface area (Å²) >= 11 is 0. The first-order chi connectivity index (χ1) is 9.96. The number of aliphatic hydroxyl groups is 1. The summed E-state index contributed by atoms with van der Waals surface area (Å²) in [5.74, 6) is 0.317. The summed E-state index contributed by atoms with van der Waals surface area (Å²) in [7, 11) is -3.46. The zero-order valence-electron chi connectivity index (χ0n) is 13.4. The van der Waals surface area contributed by atoms with Gasteiger partial charge in [-0.1, -0.05) is 33.1 Å². The van der Waals surface area contributed by atoms with E-state index in [2.05, 4.69) is 13.8 Å². The average Bonchev–Trinajstić information content (AvgIpc) is 2.98. The normalized spacial score (nSPS) is 26.0. The molecule has 21 heavy (non-hydrogen) atoms. The smallest absolute Gasteiger partial charge is 0.282 e. The Morgan fingerprint density at radius 3 is 2.33 bits per heavy atom. The van der Waals surface area contributed by atoms with E-state index in [1.807, 2.05) is 0 Å². The Balaban J connectivity index is 2.22. The Labute approximate surface area is 129 Å².